The summed E-state index contributed by atoms with van der Waals surface area (Å²) in [4.78, 5) is 65.1. The largest absolute Gasteiger partial charge is 0.480 e. The van der Waals surface area contributed by atoms with Crippen LogP contribution in [0.5, 0.6) is 0 Å². The maximum absolute atomic E-state index is 14.3. The van der Waals surface area contributed by atoms with Crippen LogP contribution in [0.2, 0.25) is 0 Å². The molecule has 0 radical (unpaired) electrons. The van der Waals surface area contributed by atoms with Crippen molar-refractivity contribution in [1.29, 1.82) is 0 Å². The van der Waals surface area contributed by atoms with Gasteiger partial charge in [0.2, 0.25) is 28.3 Å². The molecule has 16 heteroatoms. The van der Waals surface area contributed by atoms with Crippen molar-refractivity contribution in [3.05, 3.63) is 178 Å². The average Bonchev–Trinajstić information content (AvgIpc) is 3.79. The number of aryl methyl sites for hydroxylation is 3. The predicted octanol–water partition coefficient (Wildman–Crippen LogP) is 7.15. The number of aliphatic carboxylic acids is 1. The molecule has 15 nitrogen and oxygen atoms in total. The van der Waals surface area contributed by atoms with Crippen molar-refractivity contribution in [3.63, 3.8) is 0 Å². The molecular weight excluding hydrogens is 895 g/mol. The molecule has 0 fully saturated rings. The van der Waals surface area contributed by atoms with Gasteiger partial charge in [-0.3, -0.25) is 28.6 Å². The number of fused-ring (bicyclic) bond motifs is 1. The van der Waals surface area contributed by atoms with Gasteiger partial charge in [0, 0.05) is 49.7 Å². The average molecular weight is 954 g/mol. The number of nitrogens with one attached hydrogen (secondary N) is 3. The Labute approximate surface area is 403 Å². The van der Waals surface area contributed by atoms with Gasteiger partial charge in [-0.1, -0.05) is 115 Å². The first-order valence-corrected chi connectivity index (χ1v) is 24.3. The fourth-order valence-corrected chi connectivity index (χ4v) is 10.9. The van der Waals surface area contributed by atoms with Crippen molar-refractivity contribution in [1.82, 2.24) is 24.7 Å². The van der Waals surface area contributed by atoms with E-state index in [0.29, 0.717) is 41.2 Å². The van der Waals surface area contributed by atoms with E-state index >= 15 is 0 Å². The van der Waals surface area contributed by atoms with Crippen LogP contribution in [0.25, 0.3) is 0 Å². The van der Waals surface area contributed by atoms with Crippen LogP contribution in [0.15, 0.2) is 139 Å². The Balaban J connectivity index is 1.19. The third kappa shape index (κ3) is 11.1. The zero-order valence-corrected chi connectivity index (χ0v) is 40.5. The van der Waals surface area contributed by atoms with Crippen LogP contribution >= 0.6 is 0 Å². The summed E-state index contributed by atoms with van der Waals surface area (Å²) in [5.74, 6) is -1.91. The third-order valence-electron chi connectivity index (χ3n) is 12.0. The maximum atomic E-state index is 14.3. The second kappa shape index (κ2) is 21.0. The summed E-state index contributed by atoms with van der Waals surface area (Å²) in [6.07, 6.45) is 4.36. The predicted molar refractivity (Wildman–Crippen MR) is 264 cm³/mol. The van der Waals surface area contributed by atoms with E-state index in [2.05, 4.69) is 56.3 Å². The molecule has 360 valence electrons. The minimum atomic E-state index is -4.33. The Morgan fingerprint density at radius 2 is 1.46 bits per heavy atom. The number of amides is 2. The standard InChI is InChI=1S/C53H59N7O8S/c1-36-29-37(2)48(38(3)30-36)69(66,67)57-44(50(64)65)34-55-49(63)46-32-47(62)43-24-23-39(31-45(43)59(46)27-16-26-58(35-61)68-52(4,5)6)33-56-51-54-25-28-60(51)53(40-17-10-7-11-18-40,41-19-12-8-13-20-41)42-21-14-9-15-22-42/h7-15,17-25,28-31,35,44,46,57H,16,26-27,32-34H2,1-6H3,(H,54,56)(H,55,63)(H,64,65). The van der Waals surface area contributed by atoms with E-state index in [0.717, 1.165) is 27.8 Å². The highest BCUT2D eigenvalue weighted by Gasteiger charge is 2.41. The number of nitrogens with zero attached hydrogens (tertiary/aromatic N) is 4. The number of anilines is 2. The Morgan fingerprint density at radius 3 is 2.00 bits per heavy atom. The molecule has 6 aromatic rings. The van der Waals surface area contributed by atoms with E-state index in [1.165, 1.54) is 5.06 Å². The Bertz CT molecular complexity index is 2780. The molecule has 1 aliphatic heterocycles. The summed E-state index contributed by atoms with van der Waals surface area (Å²) in [7, 11) is -4.33. The van der Waals surface area contributed by atoms with Gasteiger partial charge < -0.3 is 20.6 Å². The summed E-state index contributed by atoms with van der Waals surface area (Å²) in [5.41, 5.74) is 4.91. The monoisotopic (exact) mass is 953 g/mol. The molecule has 2 amide bonds. The molecule has 0 saturated heterocycles. The Hall–Kier alpha value is -7.14. The van der Waals surface area contributed by atoms with Crippen molar-refractivity contribution >= 4 is 45.7 Å². The van der Waals surface area contributed by atoms with Crippen LogP contribution in [0.3, 0.4) is 0 Å². The van der Waals surface area contributed by atoms with Crippen LogP contribution < -0.4 is 20.3 Å². The lowest BCUT2D eigenvalue weighted by Gasteiger charge is -2.38. The highest BCUT2D eigenvalue weighted by molar-refractivity contribution is 7.89. The number of rotatable bonds is 20. The molecule has 2 heterocycles. The molecule has 69 heavy (non-hydrogen) atoms. The van der Waals surface area contributed by atoms with E-state index in [4.69, 9.17) is 9.82 Å². The van der Waals surface area contributed by atoms with E-state index < -0.39 is 51.7 Å². The number of carboxylic acid groups (broad SMARTS) is 1. The molecule has 1 aliphatic rings. The fraction of sp³-hybridized carbons (Fsp3) is 0.302. The van der Waals surface area contributed by atoms with Crippen LogP contribution in [-0.4, -0.2) is 89.5 Å². The second-order valence-electron chi connectivity index (χ2n) is 18.3. The van der Waals surface area contributed by atoms with Gasteiger partial charge in [0.05, 0.1) is 17.0 Å². The van der Waals surface area contributed by atoms with Gasteiger partial charge >= 0.3 is 5.97 Å². The number of benzene rings is 5. The number of ketones is 1. The van der Waals surface area contributed by atoms with Gasteiger partial charge in [0.15, 0.2) is 5.78 Å². The number of hydrogen-bond acceptors (Lipinski definition) is 10. The number of aromatic nitrogens is 2. The normalized spacial score (nSPS) is 14.4. The molecule has 0 bridgehead atoms. The Morgan fingerprint density at radius 1 is 0.884 bits per heavy atom. The topological polar surface area (TPSA) is 192 Å². The van der Waals surface area contributed by atoms with Crippen molar-refractivity contribution in [3.8, 4) is 0 Å². The van der Waals surface area contributed by atoms with E-state index in [9.17, 15) is 32.7 Å². The summed E-state index contributed by atoms with van der Waals surface area (Å²) in [6.45, 7) is 10.5. The fourth-order valence-electron chi connectivity index (χ4n) is 9.28. The first kappa shape index (κ1) is 49.8. The lowest BCUT2D eigenvalue weighted by Crippen LogP contribution is -2.55. The van der Waals surface area contributed by atoms with Gasteiger partial charge in [-0.15, -0.1) is 0 Å². The molecule has 5 aromatic carbocycles. The van der Waals surface area contributed by atoms with Gasteiger partial charge in [-0.25, -0.2) is 18.5 Å². The summed E-state index contributed by atoms with van der Waals surface area (Å²) >= 11 is 0. The lowest BCUT2D eigenvalue weighted by molar-refractivity contribution is -0.216. The first-order valence-electron chi connectivity index (χ1n) is 22.8. The van der Waals surface area contributed by atoms with Crippen molar-refractivity contribution < 1.29 is 37.5 Å². The molecule has 0 spiro atoms. The number of carboxylic acids is 1. The highest BCUT2D eigenvalue weighted by Crippen LogP contribution is 2.42. The molecule has 7 rings (SSSR count). The van der Waals surface area contributed by atoms with Gasteiger partial charge in [0.1, 0.15) is 17.6 Å². The number of carbonyl (C=O) groups excluding carboxylic acids is 3. The quantitative estimate of drug-likeness (QED) is 0.0345. The lowest BCUT2D eigenvalue weighted by atomic mass is 9.76. The van der Waals surface area contributed by atoms with Crippen LogP contribution in [0.1, 0.15) is 82.9 Å². The molecule has 2 unspecified atom stereocenters. The molecule has 0 aliphatic carbocycles. The third-order valence-corrected chi connectivity index (χ3v) is 13.8. The number of carbonyl (C=O) groups is 4. The minimum absolute atomic E-state index is 0.0386. The molecule has 4 N–H and O–H groups in total. The highest BCUT2D eigenvalue weighted by atomic mass is 32.2. The molecular formula is C53H59N7O8S. The number of sulfonamides is 1. The zero-order valence-electron chi connectivity index (χ0n) is 39.7. The Kier molecular flexibility index (Phi) is 15.2. The second-order valence-corrected chi connectivity index (χ2v) is 19.9. The van der Waals surface area contributed by atoms with Crippen LogP contribution in [-0.2, 0) is 41.3 Å². The summed E-state index contributed by atoms with van der Waals surface area (Å²) in [6, 6.07) is 36.6. The maximum Gasteiger partial charge on any atom is 0.323 e. The van der Waals surface area contributed by atoms with Crippen molar-refractivity contribution in [2.24, 2.45) is 0 Å². The summed E-state index contributed by atoms with van der Waals surface area (Å²) in [5, 5.41) is 17.6. The van der Waals surface area contributed by atoms with Crippen molar-refractivity contribution in [2.75, 3.05) is 29.9 Å². The van der Waals surface area contributed by atoms with Gasteiger partial charge in [-0.05, 0) is 93.5 Å². The number of Topliss-reactive ketones (excluding diaryl/α,β-unsaturated/α-hetero) is 1. The number of hydroxylamine groups is 2. The SMILES string of the molecule is Cc1cc(C)c(S(=O)(=O)NC(CNC(=O)C2CC(=O)c3ccc(CNc4nccn4C(c4ccccc4)(c4ccccc4)c4ccccc4)cc3N2CCCN(C=O)OC(C)(C)C)C(=O)O)c(C)c1. The van der Waals surface area contributed by atoms with Crippen LogP contribution in [0, 0.1) is 20.8 Å². The van der Waals surface area contributed by atoms with Gasteiger partial charge in [0.25, 0.3) is 0 Å². The smallest absolute Gasteiger partial charge is 0.323 e. The van der Waals surface area contributed by atoms with E-state index in [1.54, 1.807) is 43.1 Å². The zero-order chi connectivity index (χ0) is 49.5. The van der Waals surface area contributed by atoms with E-state index in [-0.39, 0.29) is 36.7 Å². The molecule has 0 saturated carbocycles. The molecule has 2 atom stereocenters. The minimum Gasteiger partial charge on any atom is -0.480 e. The summed E-state index contributed by atoms with van der Waals surface area (Å²) < 4.78 is 31.6. The van der Waals surface area contributed by atoms with Crippen molar-refractivity contribution in [2.45, 2.75) is 89.0 Å². The number of imidazole rings is 1. The number of hydrogen-bond donors (Lipinski definition) is 4. The van der Waals surface area contributed by atoms with Crippen LogP contribution in [0.4, 0.5) is 11.6 Å². The van der Waals surface area contributed by atoms with E-state index in [1.807, 2.05) is 101 Å². The van der Waals surface area contributed by atoms with Gasteiger partial charge in [-0.2, -0.15) is 4.72 Å². The molecule has 1 aromatic heterocycles. The first-order chi connectivity index (χ1) is 32.9.